The molecule has 3 rings (SSSR count). The van der Waals surface area contributed by atoms with Gasteiger partial charge >= 0.3 is 0 Å². The summed E-state index contributed by atoms with van der Waals surface area (Å²) < 4.78 is 0. The molecule has 0 aliphatic carbocycles. The highest BCUT2D eigenvalue weighted by atomic mass is 15.2. The Morgan fingerprint density at radius 1 is 0.857 bits per heavy atom. The Morgan fingerprint density at radius 2 is 1.62 bits per heavy atom. The number of fused-ring (bicyclic) bond motifs is 1. The van der Waals surface area contributed by atoms with E-state index in [0.717, 1.165) is 6.42 Å². The summed E-state index contributed by atoms with van der Waals surface area (Å²) in [5.41, 5.74) is 6.66. The Kier molecular flexibility index (Phi) is 4.00. The summed E-state index contributed by atoms with van der Waals surface area (Å²) in [5, 5.41) is 2.49. The van der Waals surface area contributed by atoms with Crippen LogP contribution in [0.15, 0.2) is 66.7 Å². The van der Waals surface area contributed by atoms with E-state index >= 15 is 0 Å². The highest BCUT2D eigenvalue weighted by molar-refractivity contribution is 5.83. The lowest BCUT2D eigenvalue weighted by Gasteiger charge is -2.18. The maximum Gasteiger partial charge on any atom is 0.0710 e. The summed E-state index contributed by atoms with van der Waals surface area (Å²) in [7, 11) is 0. The molecule has 0 bridgehead atoms. The van der Waals surface area contributed by atoms with E-state index in [1.807, 2.05) is 0 Å². The molecule has 0 saturated carbocycles. The Balaban J connectivity index is 2.04. The minimum Gasteiger partial charge on any atom is -0.271 e. The third-order valence-corrected chi connectivity index (χ3v) is 3.97. The molecule has 0 fully saturated rings. The second-order valence-electron chi connectivity index (χ2n) is 5.30. The largest absolute Gasteiger partial charge is 0.271 e. The topological polar surface area (TPSA) is 38.0 Å². The van der Waals surface area contributed by atoms with Crippen molar-refractivity contribution < 1.29 is 0 Å². The fraction of sp³-hybridized carbons (Fsp3) is 0.158. The van der Waals surface area contributed by atoms with Crippen LogP contribution < -0.4 is 11.3 Å². The first-order chi connectivity index (χ1) is 10.3. The predicted octanol–water partition coefficient (Wildman–Crippen LogP) is 3.95. The molecule has 3 aromatic carbocycles. The normalized spacial score (nSPS) is 12.5. The number of hydrogen-bond acceptors (Lipinski definition) is 2. The molecule has 0 saturated heterocycles. The zero-order chi connectivity index (χ0) is 14.7. The van der Waals surface area contributed by atoms with Gasteiger partial charge in [-0.05, 0) is 39.9 Å². The highest BCUT2D eigenvalue weighted by Crippen LogP contribution is 2.25. The average Bonchev–Trinajstić information content (AvgIpc) is 2.56. The van der Waals surface area contributed by atoms with Gasteiger partial charge in [0.25, 0.3) is 0 Å². The molecule has 0 aliphatic rings. The van der Waals surface area contributed by atoms with Crippen molar-refractivity contribution in [1.82, 2.24) is 5.43 Å². The molecular weight excluding hydrogens is 256 g/mol. The number of hydrazine groups is 1. The van der Waals surface area contributed by atoms with Crippen molar-refractivity contribution in [1.29, 1.82) is 0 Å². The van der Waals surface area contributed by atoms with Crippen molar-refractivity contribution >= 4 is 10.8 Å². The van der Waals surface area contributed by atoms with E-state index in [-0.39, 0.29) is 6.04 Å². The molecule has 3 N–H and O–H groups in total. The summed E-state index contributed by atoms with van der Waals surface area (Å²) >= 11 is 0. The van der Waals surface area contributed by atoms with E-state index in [2.05, 4.69) is 79.1 Å². The van der Waals surface area contributed by atoms with Crippen LogP contribution in [-0.4, -0.2) is 0 Å². The van der Waals surface area contributed by atoms with Crippen LogP contribution in [0.1, 0.15) is 29.7 Å². The van der Waals surface area contributed by atoms with Crippen LogP contribution in [0.5, 0.6) is 0 Å². The van der Waals surface area contributed by atoms with Crippen LogP contribution in [0.2, 0.25) is 0 Å². The van der Waals surface area contributed by atoms with E-state index in [4.69, 9.17) is 5.84 Å². The number of nitrogens with one attached hydrogen (secondary N) is 1. The summed E-state index contributed by atoms with van der Waals surface area (Å²) in [6.45, 7) is 2.17. The quantitative estimate of drug-likeness (QED) is 0.559. The van der Waals surface area contributed by atoms with E-state index in [9.17, 15) is 0 Å². The van der Waals surface area contributed by atoms with Crippen molar-refractivity contribution in [2.75, 3.05) is 0 Å². The molecule has 0 aromatic heterocycles. The van der Waals surface area contributed by atoms with Crippen LogP contribution >= 0.6 is 0 Å². The summed E-state index contributed by atoms with van der Waals surface area (Å²) in [6.07, 6.45) is 1.03. The molecule has 0 amide bonds. The van der Waals surface area contributed by atoms with Crippen molar-refractivity contribution in [2.24, 2.45) is 5.84 Å². The molecular formula is C19H20N2. The molecule has 1 atom stereocenters. The smallest absolute Gasteiger partial charge is 0.0710 e. The van der Waals surface area contributed by atoms with Gasteiger partial charge in [0.05, 0.1) is 6.04 Å². The zero-order valence-corrected chi connectivity index (χ0v) is 12.2. The molecule has 1 unspecified atom stereocenters. The van der Waals surface area contributed by atoms with Crippen LogP contribution in [0.3, 0.4) is 0 Å². The lowest BCUT2D eigenvalue weighted by atomic mass is 9.95. The second kappa shape index (κ2) is 6.08. The summed E-state index contributed by atoms with van der Waals surface area (Å²) in [5.74, 6) is 5.82. The van der Waals surface area contributed by atoms with Crippen LogP contribution in [-0.2, 0) is 6.42 Å². The standard InChI is InChI=1S/C19H20N2/c1-2-14-6-5-9-17(12-14)19(21-20)18-11-10-15-7-3-4-8-16(15)13-18/h3-13,19,21H,2,20H2,1H3. The first-order valence-electron chi connectivity index (χ1n) is 7.35. The highest BCUT2D eigenvalue weighted by Gasteiger charge is 2.13. The average molecular weight is 276 g/mol. The minimum atomic E-state index is 0.0149. The third-order valence-electron chi connectivity index (χ3n) is 3.97. The minimum absolute atomic E-state index is 0.0149. The SMILES string of the molecule is CCc1cccc(C(NN)c2ccc3ccccc3c2)c1. The maximum atomic E-state index is 5.82. The molecule has 2 heteroatoms. The van der Waals surface area contributed by atoms with Crippen molar-refractivity contribution in [2.45, 2.75) is 19.4 Å². The number of hydrogen-bond donors (Lipinski definition) is 2. The van der Waals surface area contributed by atoms with Gasteiger partial charge in [-0.3, -0.25) is 5.84 Å². The van der Waals surface area contributed by atoms with Gasteiger partial charge in [0.1, 0.15) is 0 Å². The molecule has 0 heterocycles. The number of benzene rings is 3. The van der Waals surface area contributed by atoms with Crippen LogP contribution in [0.4, 0.5) is 0 Å². The van der Waals surface area contributed by atoms with E-state index in [0.29, 0.717) is 0 Å². The fourth-order valence-electron chi connectivity index (χ4n) is 2.76. The van der Waals surface area contributed by atoms with Gasteiger partial charge in [0.2, 0.25) is 0 Å². The van der Waals surface area contributed by atoms with E-state index < -0.39 is 0 Å². The summed E-state index contributed by atoms with van der Waals surface area (Å²) in [4.78, 5) is 0. The Bertz CT molecular complexity index is 749. The molecule has 21 heavy (non-hydrogen) atoms. The van der Waals surface area contributed by atoms with Gasteiger partial charge in [-0.15, -0.1) is 0 Å². The zero-order valence-electron chi connectivity index (χ0n) is 12.2. The van der Waals surface area contributed by atoms with Crippen molar-refractivity contribution in [3.05, 3.63) is 83.4 Å². The molecule has 3 aromatic rings. The molecule has 0 aliphatic heterocycles. The summed E-state index contributed by atoms with van der Waals surface area (Å²) in [6, 6.07) is 23.5. The number of aryl methyl sites for hydroxylation is 1. The van der Waals surface area contributed by atoms with E-state index in [1.165, 1.54) is 27.5 Å². The van der Waals surface area contributed by atoms with Gasteiger partial charge in [-0.1, -0.05) is 67.6 Å². The van der Waals surface area contributed by atoms with Gasteiger partial charge < -0.3 is 0 Å². The molecule has 0 radical (unpaired) electrons. The molecule has 2 nitrogen and oxygen atoms in total. The lowest BCUT2D eigenvalue weighted by molar-refractivity contribution is 0.637. The Hall–Kier alpha value is -2.16. The van der Waals surface area contributed by atoms with Crippen LogP contribution in [0.25, 0.3) is 10.8 Å². The van der Waals surface area contributed by atoms with Gasteiger partial charge in [0.15, 0.2) is 0 Å². The van der Waals surface area contributed by atoms with Crippen molar-refractivity contribution in [3.8, 4) is 0 Å². The number of nitrogens with two attached hydrogens (primary N) is 1. The van der Waals surface area contributed by atoms with Gasteiger partial charge in [-0.25, -0.2) is 5.43 Å². The lowest BCUT2D eigenvalue weighted by Crippen LogP contribution is -2.28. The third kappa shape index (κ3) is 2.82. The first-order valence-corrected chi connectivity index (χ1v) is 7.35. The van der Waals surface area contributed by atoms with Gasteiger partial charge in [0, 0.05) is 0 Å². The first kappa shape index (κ1) is 13.8. The van der Waals surface area contributed by atoms with Crippen LogP contribution in [0, 0.1) is 0 Å². The number of rotatable bonds is 4. The Morgan fingerprint density at radius 3 is 2.38 bits per heavy atom. The molecule has 106 valence electrons. The predicted molar refractivity (Wildman–Crippen MR) is 88.9 cm³/mol. The fourth-order valence-corrected chi connectivity index (χ4v) is 2.76. The second-order valence-corrected chi connectivity index (χ2v) is 5.30. The molecule has 0 spiro atoms. The monoisotopic (exact) mass is 276 g/mol. The van der Waals surface area contributed by atoms with Gasteiger partial charge in [-0.2, -0.15) is 0 Å². The van der Waals surface area contributed by atoms with Crippen molar-refractivity contribution in [3.63, 3.8) is 0 Å². The Labute approximate surface area is 125 Å². The maximum absolute atomic E-state index is 5.82. The van der Waals surface area contributed by atoms with E-state index in [1.54, 1.807) is 0 Å².